The van der Waals surface area contributed by atoms with Crippen LogP contribution in [0.2, 0.25) is 0 Å². The summed E-state index contributed by atoms with van der Waals surface area (Å²) in [5.41, 5.74) is 8.76. The molecule has 0 N–H and O–H groups in total. The summed E-state index contributed by atoms with van der Waals surface area (Å²) in [4.78, 5) is 7.24. The van der Waals surface area contributed by atoms with Gasteiger partial charge in [0.15, 0.2) is 0 Å². The van der Waals surface area contributed by atoms with Crippen molar-refractivity contribution in [3.8, 4) is 0 Å². The molecule has 2 aliphatic rings. The number of hydrogen-bond donors (Lipinski definition) is 0. The first-order chi connectivity index (χ1) is 16.3. The minimum atomic E-state index is -0.0487. The number of hydrogen-bond acceptors (Lipinski definition) is 2. The predicted octanol–water partition coefficient (Wildman–Crippen LogP) is 9.19. The summed E-state index contributed by atoms with van der Waals surface area (Å²) in [6.07, 6.45) is 9.49. The molecule has 35 heavy (non-hydrogen) atoms. The molecule has 2 atom stereocenters. The zero-order valence-corrected chi connectivity index (χ0v) is 24.3. The van der Waals surface area contributed by atoms with Crippen molar-refractivity contribution in [2.75, 3.05) is 6.54 Å². The van der Waals surface area contributed by atoms with E-state index >= 15 is 0 Å². The molecule has 3 rings (SSSR count). The number of rotatable bonds is 8. The Morgan fingerprint density at radius 3 is 2.40 bits per heavy atom. The van der Waals surface area contributed by atoms with Crippen LogP contribution in [0.1, 0.15) is 106 Å². The lowest BCUT2D eigenvalue weighted by atomic mass is 9.70. The maximum atomic E-state index is 4.51. The number of aliphatic imine (C=N–C) groups is 1. The first-order valence-electron chi connectivity index (χ1n) is 13.8. The van der Waals surface area contributed by atoms with E-state index in [1.807, 2.05) is 0 Å². The highest BCUT2D eigenvalue weighted by molar-refractivity contribution is 5.82. The Morgan fingerprint density at radius 1 is 1.17 bits per heavy atom. The third-order valence-corrected chi connectivity index (χ3v) is 8.60. The average Bonchev–Trinajstić information content (AvgIpc) is 3.01. The molecular formula is C33H50N2. The van der Waals surface area contributed by atoms with Crippen LogP contribution >= 0.6 is 0 Å². The Bertz CT molecular complexity index is 1030. The van der Waals surface area contributed by atoms with Gasteiger partial charge in [-0.3, -0.25) is 4.99 Å². The maximum Gasteiger partial charge on any atom is 0.0470 e. The fraction of sp³-hybridized carbons (Fsp3) is 0.606. The van der Waals surface area contributed by atoms with Gasteiger partial charge in [-0.15, -0.1) is 0 Å². The summed E-state index contributed by atoms with van der Waals surface area (Å²) in [5, 5.41) is 0. The van der Waals surface area contributed by atoms with Crippen LogP contribution in [0.5, 0.6) is 0 Å². The van der Waals surface area contributed by atoms with E-state index in [2.05, 4.69) is 122 Å². The van der Waals surface area contributed by atoms with Gasteiger partial charge in [-0.1, -0.05) is 118 Å². The van der Waals surface area contributed by atoms with E-state index in [0.29, 0.717) is 12.0 Å². The molecule has 1 aliphatic heterocycles. The van der Waals surface area contributed by atoms with Crippen LogP contribution < -0.4 is 0 Å². The summed E-state index contributed by atoms with van der Waals surface area (Å²) in [6.45, 7) is 28.4. The summed E-state index contributed by atoms with van der Waals surface area (Å²) >= 11 is 0. The summed E-state index contributed by atoms with van der Waals surface area (Å²) in [6, 6.07) is 9.54. The summed E-state index contributed by atoms with van der Waals surface area (Å²) < 4.78 is 0. The minimum Gasteiger partial charge on any atom is -0.364 e. The summed E-state index contributed by atoms with van der Waals surface area (Å²) in [7, 11) is 0. The largest absolute Gasteiger partial charge is 0.364 e. The number of nitrogens with zero attached hydrogens (tertiary/aromatic N) is 2. The molecule has 1 aromatic carbocycles. The fourth-order valence-corrected chi connectivity index (χ4v) is 6.19. The van der Waals surface area contributed by atoms with Crippen molar-refractivity contribution in [1.82, 2.24) is 4.90 Å². The second kappa shape index (κ2) is 10.1. The summed E-state index contributed by atoms with van der Waals surface area (Å²) in [5.74, 6) is 0.505. The number of benzene rings is 1. The van der Waals surface area contributed by atoms with Gasteiger partial charge < -0.3 is 4.90 Å². The first kappa shape index (κ1) is 27.5. The van der Waals surface area contributed by atoms with E-state index in [9.17, 15) is 0 Å². The van der Waals surface area contributed by atoms with Gasteiger partial charge in [0, 0.05) is 34.8 Å². The Kier molecular flexibility index (Phi) is 7.94. The molecule has 0 saturated carbocycles. The number of fused-ring (bicyclic) bond motifs is 2. The Balaban J connectivity index is 2.23. The highest BCUT2D eigenvalue weighted by Crippen LogP contribution is 2.53. The van der Waals surface area contributed by atoms with Crippen LogP contribution in [0.4, 0.5) is 0 Å². The van der Waals surface area contributed by atoms with E-state index in [1.165, 1.54) is 29.7 Å². The standard InChI is InChI=1S/C33H50N2/c1-12-18-32(7,8)30-21-28-26(25-16-14-15-17-27(25)33(28,9)10)22-35(30)24(19-23(3)13-2)20-29(34-11)31(4,5)6/h14-17,19-20,23,30H,11-13,18,21-22H2,1-10H3/b24-19-,29-20-. The lowest BCUT2D eigenvalue weighted by molar-refractivity contribution is 0.113. The average molecular weight is 475 g/mol. The molecule has 1 aliphatic carbocycles. The van der Waals surface area contributed by atoms with Crippen LogP contribution in [0.3, 0.4) is 0 Å². The van der Waals surface area contributed by atoms with Crippen molar-refractivity contribution in [1.29, 1.82) is 0 Å². The van der Waals surface area contributed by atoms with E-state index < -0.39 is 0 Å². The van der Waals surface area contributed by atoms with Gasteiger partial charge in [0.2, 0.25) is 0 Å². The smallest absolute Gasteiger partial charge is 0.0470 e. The third kappa shape index (κ3) is 5.37. The predicted molar refractivity (Wildman–Crippen MR) is 155 cm³/mol. The van der Waals surface area contributed by atoms with Crippen LogP contribution in [-0.4, -0.2) is 24.2 Å². The van der Waals surface area contributed by atoms with E-state index in [0.717, 1.165) is 25.1 Å². The van der Waals surface area contributed by atoms with Crippen LogP contribution in [0.15, 0.2) is 58.4 Å². The number of allylic oxidation sites excluding steroid dienone is 3. The molecule has 192 valence electrons. The quantitative estimate of drug-likeness (QED) is 0.271. The Hall–Kier alpha value is -2.09. The Morgan fingerprint density at radius 2 is 1.83 bits per heavy atom. The first-order valence-corrected chi connectivity index (χ1v) is 13.8. The van der Waals surface area contributed by atoms with Crippen molar-refractivity contribution in [2.45, 2.75) is 106 Å². The second-order valence-corrected chi connectivity index (χ2v) is 13.1. The third-order valence-electron chi connectivity index (χ3n) is 8.60. The SMILES string of the molecule is C=N/C(=C\C(=C\C(C)CC)N1CC2=C(CC1C(C)(C)CCC)C(C)(C)c1ccccc12)C(C)(C)C. The minimum absolute atomic E-state index is 0.0487. The molecule has 0 bridgehead atoms. The lowest BCUT2D eigenvalue weighted by Crippen LogP contribution is -2.48. The fourth-order valence-electron chi connectivity index (χ4n) is 6.19. The van der Waals surface area contributed by atoms with Gasteiger partial charge >= 0.3 is 0 Å². The maximum absolute atomic E-state index is 4.51. The molecule has 0 fully saturated rings. The van der Waals surface area contributed by atoms with E-state index in [-0.39, 0.29) is 16.2 Å². The molecule has 1 aromatic rings. The molecule has 1 heterocycles. The van der Waals surface area contributed by atoms with Gasteiger partial charge in [-0.05, 0) is 53.7 Å². The van der Waals surface area contributed by atoms with E-state index in [1.54, 1.807) is 11.1 Å². The molecule has 0 spiro atoms. The van der Waals surface area contributed by atoms with Gasteiger partial charge in [0.05, 0.1) is 0 Å². The zero-order valence-electron chi connectivity index (χ0n) is 24.3. The Labute approximate surface area is 216 Å². The highest BCUT2D eigenvalue weighted by Gasteiger charge is 2.46. The monoisotopic (exact) mass is 474 g/mol. The van der Waals surface area contributed by atoms with Crippen molar-refractivity contribution in [3.05, 3.63) is 64.5 Å². The van der Waals surface area contributed by atoms with Crippen molar-refractivity contribution in [2.24, 2.45) is 21.7 Å². The van der Waals surface area contributed by atoms with Crippen molar-refractivity contribution < 1.29 is 0 Å². The zero-order chi connectivity index (χ0) is 26.2. The lowest BCUT2D eigenvalue weighted by Gasteiger charge is -2.49. The van der Waals surface area contributed by atoms with Crippen LogP contribution in [-0.2, 0) is 5.41 Å². The van der Waals surface area contributed by atoms with Crippen molar-refractivity contribution in [3.63, 3.8) is 0 Å². The molecule has 2 nitrogen and oxygen atoms in total. The topological polar surface area (TPSA) is 15.6 Å². The van der Waals surface area contributed by atoms with Gasteiger partial charge in [0.25, 0.3) is 0 Å². The van der Waals surface area contributed by atoms with Crippen LogP contribution in [0, 0.1) is 16.7 Å². The van der Waals surface area contributed by atoms with E-state index in [4.69, 9.17) is 0 Å². The molecule has 0 saturated heterocycles. The normalized spacial score (nSPS) is 21.7. The molecule has 0 amide bonds. The molecule has 2 heteroatoms. The molecular weight excluding hydrogens is 424 g/mol. The van der Waals surface area contributed by atoms with Gasteiger partial charge in [-0.2, -0.15) is 0 Å². The molecule has 2 unspecified atom stereocenters. The highest BCUT2D eigenvalue weighted by atomic mass is 15.2. The molecule has 0 radical (unpaired) electrons. The molecule has 0 aromatic heterocycles. The van der Waals surface area contributed by atoms with Gasteiger partial charge in [-0.25, -0.2) is 0 Å². The second-order valence-electron chi connectivity index (χ2n) is 13.1. The van der Waals surface area contributed by atoms with Crippen molar-refractivity contribution >= 4 is 12.3 Å². The van der Waals surface area contributed by atoms with Gasteiger partial charge in [0.1, 0.15) is 0 Å². The van der Waals surface area contributed by atoms with Crippen LogP contribution in [0.25, 0.3) is 5.57 Å².